The van der Waals surface area contributed by atoms with Crippen molar-refractivity contribution in [2.45, 2.75) is 0 Å². The van der Waals surface area contributed by atoms with Gasteiger partial charge in [-0.15, -0.1) is 11.3 Å². The number of benzene rings is 4. The van der Waals surface area contributed by atoms with Gasteiger partial charge in [0.25, 0.3) is 0 Å². The lowest BCUT2D eigenvalue weighted by molar-refractivity contribution is 0.934. The molecule has 0 saturated carbocycles. The van der Waals surface area contributed by atoms with E-state index in [2.05, 4.69) is 53.2 Å². The molecule has 3 aromatic heterocycles. The minimum absolute atomic E-state index is 0.614. The standard InChI is InChI=1S/C29H18N4S/c1-3-9-19(10-4-1)27-30-28(20-11-5-2-6-12-20)32-29(31-27)33-16-15-21-17-23-22-13-7-8-14-25(22)34-26(23)18-24(21)33/h1-18H. The van der Waals surface area contributed by atoms with Gasteiger partial charge in [-0.1, -0.05) is 78.9 Å². The third kappa shape index (κ3) is 3.10. The zero-order valence-electron chi connectivity index (χ0n) is 18.1. The minimum Gasteiger partial charge on any atom is -0.285 e. The van der Waals surface area contributed by atoms with Crippen LogP contribution in [0.5, 0.6) is 0 Å². The van der Waals surface area contributed by atoms with Gasteiger partial charge in [0.1, 0.15) is 0 Å². The van der Waals surface area contributed by atoms with Crippen molar-refractivity contribution in [2.75, 3.05) is 0 Å². The first kappa shape index (κ1) is 19.1. The molecule has 0 N–H and O–H groups in total. The van der Waals surface area contributed by atoms with Crippen molar-refractivity contribution in [2.24, 2.45) is 0 Å². The van der Waals surface area contributed by atoms with E-state index >= 15 is 0 Å². The molecule has 0 aliphatic carbocycles. The molecule has 160 valence electrons. The second-order valence-corrected chi connectivity index (χ2v) is 9.29. The van der Waals surface area contributed by atoms with Gasteiger partial charge in [-0.25, -0.2) is 4.98 Å². The highest BCUT2D eigenvalue weighted by molar-refractivity contribution is 7.25. The topological polar surface area (TPSA) is 43.6 Å². The fourth-order valence-electron chi connectivity index (χ4n) is 4.43. The predicted molar refractivity (Wildman–Crippen MR) is 140 cm³/mol. The molecule has 0 aliphatic rings. The van der Waals surface area contributed by atoms with Crippen LogP contribution in [0.4, 0.5) is 0 Å². The maximum absolute atomic E-state index is 4.89. The van der Waals surface area contributed by atoms with Crippen molar-refractivity contribution >= 4 is 42.4 Å². The molecule has 0 radical (unpaired) electrons. The highest BCUT2D eigenvalue weighted by atomic mass is 32.1. The van der Waals surface area contributed by atoms with Gasteiger partial charge in [0.15, 0.2) is 11.6 Å². The second kappa shape index (κ2) is 7.61. The molecule has 3 heterocycles. The summed E-state index contributed by atoms with van der Waals surface area (Å²) in [6.45, 7) is 0. The van der Waals surface area contributed by atoms with Crippen LogP contribution in [0.1, 0.15) is 0 Å². The van der Waals surface area contributed by atoms with Crippen LogP contribution in [0.25, 0.3) is 59.8 Å². The molecule has 0 fully saturated rings. The molecule has 4 nitrogen and oxygen atoms in total. The van der Waals surface area contributed by atoms with E-state index in [1.54, 1.807) is 0 Å². The lowest BCUT2D eigenvalue weighted by atomic mass is 10.1. The lowest BCUT2D eigenvalue weighted by Gasteiger charge is -2.09. The Morgan fingerprint density at radius 2 is 1.21 bits per heavy atom. The van der Waals surface area contributed by atoms with E-state index in [0.717, 1.165) is 16.6 Å². The second-order valence-electron chi connectivity index (χ2n) is 8.21. The first-order valence-corrected chi connectivity index (χ1v) is 11.9. The Morgan fingerprint density at radius 1 is 0.559 bits per heavy atom. The SMILES string of the molecule is c1ccc(-c2nc(-c3ccccc3)nc(-n3ccc4cc5c(cc43)sc3ccccc35)n2)cc1. The monoisotopic (exact) mass is 454 g/mol. The Labute approximate surface area is 199 Å². The van der Waals surface area contributed by atoms with E-state index < -0.39 is 0 Å². The normalized spacial score (nSPS) is 11.5. The van der Waals surface area contributed by atoms with Gasteiger partial charge in [0, 0.05) is 42.9 Å². The van der Waals surface area contributed by atoms with Crippen LogP contribution in [-0.2, 0) is 0 Å². The smallest absolute Gasteiger partial charge is 0.238 e. The quantitative estimate of drug-likeness (QED) is 0.277. The van der Waals surface area contributed by atoms with Gasteiger partial charge in [0.2, 0.25) is 5.95 Å². The average Bonchev–Trinajstić information content (AvgIpc) is 3.49. The van der Waals surface area contributed by atoms with Gasteiger partial charge < -0.3 is 0 Å². The summed E-state index contributed by atoms with van der Waals surface area (Å²) < 4.78 is 4.63. The first-order valence-electron chi connectivity index (χ1n) is 11.1. The number of hydrogen-bond donors (Lipinski definition) is 0. The summed E-state index contributed by atoms with van der Waals surface area (Å²) in [7, 11) is 0. The summed E-state index contributed by atoms with van der Waals surface area (Å²) >= 11 is 1.82. The summed E-state index contributed by atoms with van der Waals surface area (Å²) in [4.78, 5) is 14.6. The third-order valence-electron chi connectivity index (χ3n) is 6.09. The molecule has 0 spiro atoms. The van der Waals surface area contributed by atoms with E-state index in [4.69, 9.17) is 15.0 Å². The van der Waals surface area contributed by atoms with Crippen LogP contribution in [-0.4, -0.2) is 19.5 Å². The molecule has 0 bridgehead atoms. The molecule has 7 rings (SSSR count). The van der Waals surface area contributed by atoms with Gasteiger partial charge in [-0.05, 0) is 24.3 Å². The van der Waals surface area contributed by atoms with Crippen LogP contribution >= 0.6 is 11.3 Å². The van der Waals surface area contributed by atoms with Crippen molar-refractivity contribution in [3.8, 4) is 28.7 Å². The summed E-state index contributed by atoms with van der Waals surface area (Å²) in [5.41, 5.74) is 3.02. The van der Waals surface area contributed by atoms with Gasteiger partial charge >= 0.3 is 0 Å². The van der Waals surface area contributed by atoms with Crippen LogP contribution in [0.15, 0.2) is 109 Å². The predicted octanol–water partition coefficient (Wildman–Crippen LogP) is 7.52. The number of nitrogens with zero attached hydrogens (tertiary/aromatic N) is 4. The number of thiophene rings is 1. The number of aromatic nitrogens is 4. The van der Waals surface area contributed by atoms with Crippen molar-refractivity contribution < 1.29 is 0 Å². The maximum Gasteiger partial charge on any atom is 0.238 e. The maximum atomic E-state index is 4.89. The molecule has 4 aromatic carbocycles. The fraction of sp³-hybridized carbons (Fsp3) is 0. The van der Waals surface area contributed by atoms with Crippen molar-refractivity contribution in [1.29, 1.82) is 0 Å². The number of fused-ring (bicyclic) bond motifs is 4. The Bertz CT molecular complexity index is 1740. The van der Waals surface area contributed by atoms with Crippen LogP contribution in [0.2, 0.25) is 0 Å². The molecule has 0 unspecified atom stereocenters. The van der Waals surface area contributed by atoms with Gasteiger partial charge in [-0.3, -0.25) is 4.57 Å². The highest BCUT2D eigenvalue weighted by Gasteiger charge is 2.15. The molecule has 5 heteroatoms. The molecule has 34 heavy (non-hydrogen) atoms. The van der Waals surface area contributed by atoms with Crippen LogP contribution in [0, 0.1) is 0 Å². The zero-order chi connectivity index (χ0) is 22.5. The Balaban J connectivity index is 1.47. The third-order valence-corrected chi connectivity index (χ3v) is 7.23. The molecular formula is C29H18N4S. The van der Waals surface area contributed by atoms with Crippen molar-refractivity contribution in [3.63, 3.8) is 0 Å². The molecule has 0 saturated heterocycles. The Hall–Kier alpha value is -4.35. The zero-order valence-corrected chi connectivity index (χ0v) is 18.9. The summed E-state index contributed by atoms with van der Waals surface area (Å²) in [5.74, 6) is 1.94. The van der Waals surface area contributed by atoms with Gasteiger partial charge in [-0.2, -0.15) is 9.97 Å². The van der Waals surface area contributed by atoms with E-state index in [1.807, 2.05) is 72.0 Å². The lowest BCUT2D eigenvalue weighted by Crippen LogP contribution is -2.05. The van der Waals surface area contributed by atoms with E-state index in [1.165, 1.54) is 25.6 Å². The first-order chi connectivity index (χ1) is 16.8. The van der Waals surface area contributed by atoms with Gasteiger partial charge in [0.05, 0.1) is 5.52 Å². The summed E-state index contributed by atoms with van der Waals surface area (Å²) in [6.07, 6.45) is 2.05. The van der Waals surface area contributed by atoms with E-state index in [9.17, 15) is 0 Å². The fourth-order valence-corrected chi connectivity index (χ4v) is 5.56. The summed E-state index contributed by atoms with van der Waals surface area (Å²) in [6, 6.07) is 35.4. The average molecular weight is 455 g/mol. The summed E-state index contributed by atoms with van der Waals surface area (Å²) in [5, 5.41) is 3.76. The minimum atomic E-state index is 0.614. The van der Waals surface area contributed by atoms with Crippen molar-refractivity contribution in [1.82, 2.24) is 19.5 Å². The molecule has 0 atom stereocenters. The Kier molecular flexibility index (Phi) is 4.29. The molecule has 7 aromatic rings. The van der Waals surface area contributed by atoms with E-state index in [-0.39, 0.29) is 0 Å². The molecule has 0 amide bonds. The Morgan fingerprint density at radius 3 is 1.91 bits per heavy atom. The van der Waals surface area contributed by atoms with Crippen LogP contribution < -0.4 is 0 Å². The number of hydrogen-bond acceptors (Lipinski definition) is 4. The highest BCUT2D eigenvalue weighted by Crippen LogP contribution is 2.37. The van der Waals surface area contributed by atoms with Crippen LogP contribution in [0.3, 0.4) is 0 Å². The van der Waals surface area contributed by atoms with E-state index in [0.29, 0.717) is 17.6 Å². The molecule has 0 aliphatic heterocycles. The van der Waals surface area contributed by atoms with Crippen molar-refractivity contribution in [3.05, 3.63) is 109 Å². The molecular weight excluding hydrogens is 436 g/mol. The largest absolute Gasteiger partial charge is 0.285 e. The number of rotatable bonds is 3.